The lowest BCUT2D eigenvalue weighted by molar-refractivity contribution is -0.00658. The first kappa shape index (κ1) is 24.1. The minimum Gasteiger partial charge on any atom is -0.491 e. The summed E-state index contributed by atoms with van der Waals surface area (Å²) in [6.07, 6.45) is 16.3. The van der Waals surface area contributed by atoms with Gasteiger partial charge in [-0.15, -0.1) is 0 Å². The van der Waals surface area contributed by atoms with E-state index in [-0.39, 0.29) is 24.0 Å². The van der Waals surface area contributed by atoms with Crippen molar-refractivity contribution >= 4 is 10.8 Å². The number of aliphatic hydroxyl groups excluding tert-OH is 2. The zero-order valence-electron chi connectivity index (χ0n) is 22.8. The van der Waals surface area contributed by atoms with Gasteiger partial charge in [0, 0.05) is 16.5 Å². The number of rotatable bonds is 8. The van der Waals surface area contributed by atoms with Crippen LogP contribution in [0.15, 0.2) is 24.3 Å². The third-order valence-corrected chi connectivity index (χ3v) is 12.0. The molecule has 8 aliphatic carbocycles. The number of hydrogen-bond acceptors (Lipinski definition) is 4. The summed E-state index contributed by atoms with van der Waals surface area (Å²) in [7, 11) is 0. The Kier molecular flexibility index (Phi) is 5.61. The number of ether oxygens (including phenoxy) is 2. The SMILES string of the molecule is OCCOc1cc2ccc(C34CC5CC(CC(C5)C3)C4)c(OCCO)c2cc1C12CC3CC(CC(C3)C1)C2. The average Bonchev–Trinajstić information content (AvgIpc) is 2.88. The molecule has 0 aliphatic heterocycles. The number of aliphatic hydroxyl groups is 2. The molecule has 0 saturated heterocycles. The Bertz CT molecular complexity index is 1160. The molecule has 2 aromatic rings. The Hall–Kier alpha value is -1.78. The first-order chi connectivity index (χ1) is 18.6. The molecule has 0 spiro atoms. The van der Waals surface area contributed by atoms with Gasteiger partial charge in [-0.05, 0) is 141 Å². The van der Waals surface area contributed by atoms with Crippen LogP contribution in [0, 0.1) is 35.5 Å². The van der Waals surface area contributed by atoms with Crippen molar-refractivity contribution in [3.8, 4) is 11.5 Å². The highest BCUT2D eigenvalue weighted by Crippen LogP contribution is 2.64. The molecule has 0 atom stereocenters. The van der Waals surface area contributed by atoms with Crippen molar-refractivity contribution in [3.05, 3.63) is 35.4 Å². The van der Waals surface area contributed by atoms with E-state index in [9.17, 15) is 10.2 Å². The van der Waals surface area contributed by atoms with Gasteiger partial charge in [0.15, 0.2) is 0 Å². The Morgan fingerprint density at radius 2 is 1.08 bits per heavy atom. The molecule has 2 N–H and O–H groups in total. The largest absolute Gasteiger partial charge is 0.491 e. The van der Waals surface area contributed by atoms with E-state index < -0.39 is 0 Å². The van der Waals surface area contributed by atoms with Crippen molar-refractivity contribution in [2.24, 2.45) is 35.5 Å². The van der Waals surface area contributed by atoms with Gasteiger partial charge < -0.3 is 19.7 Å². The molecule has 204 valence electrons. The first-order valence-electron chi connectivity index (χ1n) is 15.7. The van der Waals surface area contributed by atoms with Gasteiger partial charge in [0.2, 0.25) is 0 Å². The quantitative estimate of drug-likeness (QED) is 0.420. The van der Waals surface area contributed by atoms with Crippen LogP contribution in [0.4, 0.5) is 0 Å². The molecule has 38 heavy (non-hydrogen) atoms. The van der Waals surface area contributed by atoms with E-state index in [2.05, 4.69) is 24.3 Å². The zero-order chi connectivity index (χ0) is 25.5. The van der Waals surface area contributed by atoms with Crippen molar-refractivity contribution in [3.63, 3.8) is 0 Å². The molecule has 8 saturated carbocycles. The second kappa shape index (κ2) is 8.86. The molecule has 2 aromatic carbocycles. The van der Waals surface area contributed by atoms with Crippen LogP contribution < -0.4 is 9.47 Å². The molecule has 8 aliphatic rings. The van der Waals surface area contributed by atoms with Crippen LogP contribution in [0.1, 0.15) is 88.2 Å². The van der Waals surface area contributed by atoms with Crippen LogP contribution in [0.3, 0.4) is 0 Å². The van der Waals surface area contributed by atoms with Crippen LogP contribution in [0.25, 0.3) is 10.8 Å². The predicted molar refractivity (Wildman–Crippen MR) is 149 cm³/mol. The lowest BCUT2D eigenvalue weighted by Gasteiger charge is -2.57. The molecule has 0 unspecified atom stereocenters. The molecule has 4 nitrogen and oxygen atoms in total. The maximum Gasteiger partial charge on any atom is 0.131 e. The standard InChI is InChI=1S/C34H44O4/c35-3-5-37-31-13-27-1-2-29(33-15-21-7-22(16-33)9-23(8-21)17-33)32(38-6-4-36)28(27)14-30(31)34-18-24-10-25(19-34)12-26(11-24)20-34/h1-2,13-14,21-26,35-36H,3-12,15-20H2. The summed E-state index contributed by atoms with van der Waals surface area (Å²) in [6, 6.07) is 9.37. The van der Waals surface area contributed by atoms with Crippen molar-refractivity contribution < 1.29 is 19.7 Å². The monoisotopic (exact) mass is 516 g/mol. The Morgan fingerprint density at radius 1 is 0.605 bits per heavy atom. The number of fused-ring (bicyclic) bond motifs is 1. The Labute approximate surface area is 227 Å². The van der Waals surface area contributed by atoms with Crippen molar-refractivity contribution in [2.45, 2.75) is 87.9 Å². The highest BCUT2D eigenvalue weighted by Gasteiger charge is 2.54. The van der Waals surface area contributed by atoms with E-state index in [4.69, 9.17) is 9.47 Å². The minimum atomic E-state index is 0.0359. The summed E-state index contributed by atoms with van der Waals surface area (Å²) in [5.74, 6) is 7.20. The van der Waals surface area contributed by atoms with E-state index in [1.165, 1.54) is 93.6 Å². The van der Waals surface area contributed by atoms with E-state index in [0.29, 0.717) is 13.2 Å². The minimum absolute atomic E-state index is 0.0359. The molecule has 0 amide bonds. The lowest BCUT2D eigenvalue weighted by Crippen LogP contribution is -2.49. The molecule has 4 heteroatoms. The fourth-order valence-electron chi connectivity index (χ4n) is 11.6. The van der Waals surface area contributed by atoms with Gasteiger partial charge in [-0.3, -0.25) is 0 Å². The first-order valence-corrected chi connectivity index (χ1v) is 15.7. The topological polar surface area (TPSA) is 58.9 Å². The van der Waals surface area contributed by atoms with Crippen LogP contribution in [-0.4, -0.2) is 36.6 Å². The highest BCUT2D eigenvalue weighted by atomic mass is 16.5. The summed E-state index contributed by atoms with van der Waals surface area (Å²) < 4.78 is 12.9. The van der Waals surface area contributed by atoms with Crippen molar-refractivity contribution in [1.82, 2.24) is 0 Å². The van der Waals surface area contributed by atoms with E-state index in [1.807, 2.05) is 0 Å². The van der Waals surface area contributed by atoms with Gasteiger partial charge in [0.25, 0.3) is 0 Å². The second-order valence-electron chi connectivity index (χ2n) is 14.6. The summed E-state index contributed by atoms with van der Waals surface area (Å²) >= 11 is 0. The number of hydrogen-bond donors (Lipinski definition) is 2. The normalized spacial score (nSPS) is 40.3. The summed E-state index contributed by atoms with van der Waals surface area (Å²) in [4.78, 5) is 0. The highest BCUT2D eigenvalue weighted by molar-refractivity contribution is 5.92. The van der Waals surface area contributed by atoms with Gasteiger partial charge in [0.1, 0.15) is 24.7 Å². The van der Waals surface area contributed by atoms with E-state index >= 15 is 0 Å². The Balaban J connectivity index is 1.30. The number of benzene rings is 2. The fourth-order valence-corrected chi connectivity index (χ4v) is 11.6. The average molecular weight is 517 g/mol. The third kappa shape index (κ3) is 3.69. The van der Waals surface area contributed by atoms with Crippen molar-refractivity contribution in [2.75, 3.05) is 26.4 Å². The maximum atomic E-state index is 9.81. The van der Waals surface area contributed by atoms with Crippen LogP contribution >= 0.6 is 0 Å². The predicted octanol–water partition coefficient (Wildman–Crippen LogP) is 6.52. The molecule has 10 rings (SSSR count). The molecule has 0 heterocycles. The molecule has 8 fully saturated rings. The van der Waals surface area contributed by atoms with Gasteiger partial charge in [-0.25, -0.2) is 0 Å². The molecule has 0 aromatic heterocycles. The van der Waals surface area contributed by atoms with Crippen LogP contribution in [-0.2, 0) is 10.8 Å². The van der Waals surface area contributed by atoms with Gasteiger partial charge in [0.05, 0.1) is 13.2 Å². The summed E-state index contributed by atoms with van der Waals surface area (Å²) in [5.41, 5.74) is 3.21. The third-order valence-electron chi connectivity index (χ3n) is 12.0. The molecular formula is C34H44O4. The van der Waals surface area contributed by atoms with Crippen LogP contribution in [0.5, 0.6) is 11.5 Å². The second-order valence-corrected chi connectivity index (χ2v) is 14.6. The summed E-state index contributed by atoms with van der Waals surface area (Å²) in [5, 5.41) is 21.8. The van der Waals surface area contributed by atoms with Gasteiger partial charge >= 0.3 is 0 Å². The molecular weight excluding hydrogens is 472 g/mol. The lowest BCUT2D eigenvalue weighted by atomic mass is 9.47. The van der Waals surface area contributed by atoms with Gasteiger partial charge in [-0.1, -0.05) is 12.1 Å². The van der Waals surface area contributed by atoms with E-state index in [0.717, 1.165) is 52.4 Å². The zero-order valence-corrected chi connectivity index (χ0v) is 22.8. The molecule has 0 radical (unpaired) electrons. The van der Waals surface area contributed by atoms with Crippen molar-refractivity contribution in [1.29, 1.82) is 0 Å². The molecule has 8 bridgehead atoms. The fraction of sp³-hybridized carbons (Fsp3) is 0.706. The summed E-state index contributed by atoms with van der Waals surface area (Å²) in [6.45, 7) is 0.752. The van der Waals surface area contributed by atoms with Crippen LogP contribution in [0.2, 0.25) is 0 Å². The Morgan fingerprint density at radius 3 is 1.58 bits per heavy atom. The van der Waals surface area contributed by atoms with E-state index in [1.54, 1.807) is 0 Å². The smallest absolute Gasteiger partial charge is 0.131 e. The maximum absolute atomic E-state index is 9.81. The van der Waals surface area contributed by atoms with Gasteiger partial charge in [-0.2, -0.15) is 0 Å².